The van der Waals surface area contributed by atoms with E-state index in [2.05, 4.69) is 20.6 Å². The first-order valence-electron chi connectivity index (χ1n) is 8.27. The average molecular weight is 339 g/mol. The number of carbonyl (C=O) groups is 1. The maximum atomic E-state index is 11.9. The standard InChI is InChI=1S/C18H21N5O2/c1-12(2)25-18(24)13(3)11-19-15-9-10-16-20-21-17(23(16)22-15)14-7-5-4-6-8-14/h4-10,12-13H,11H2,1-3H3,(H,19,22). The number of nitrogens with zero attached hydrogens (tertiary/aromatic N) is 4. The van der Waals surface area contributed by atoms with E-state index in [1.807, 2.05) is 63.2 Å². The molecule has 25 heavy (non-hydrogen) atoms. The molecule has 1 atom stereocenters. The molecule has 0 bridgehead atoms. The van der Waals surface area contributed by atoms with Crippen molar-refractivity contribution in [3.8, 4) is 11.4 Å². The van der Waals surface area contributed by atoms with Crippen molar-refractivity contribution in [2.45, 2.75) is 26.9 Å². The summed E-state index contributed by atoms with van der Waals surface area (Å²) in [5, 5.41) is 16.1. The van der Waals surface area contributed by atoms with Crippen molar-refractivity contribution in [3.05, 3.63) is 42.5 Å². The molecular weight excluding hydrogens is 318 g/mol. The van der Waals surface area contributed by atoms with Crippen molar-refractivity contribution >= 4 is 17.4 Å². The molecule has 1 N–H and O–H groups in total. The smallest absolute Gasteiger partial charge is 0.310 e. The van der Waals surface area contributed by atoms with E-state index in [0.29, 0.717) is 23.8 Å². The fraction of sp³-hybridized carbons (Fsp3) is 0.333. The molecule has 0 amide bonds. The van der Waals surface area contributed by atoms with Gasteiger partial charge in [-0.2, -0.15) is 4.52 Å². The second-order valence-electron chi connectivity index (χ2n) is 6.15. The molecule has 3 rings (SSSR count). The number of esters is 1. The zero-order valence-corrected chi connectivity index (χ0v) is 14.5. The van der Waals surface area contributed by atoms with Crippen LogP contribution >= 0.6 is 0 Å². The Bertz CT molecular complexity index is 860. The van der Waals surface area contributed by atoms with Crippen molar-refractivity contribution in [2.75, 3.05) is 11.9 Å². The Morgan fingerprint density at radius 1 is 1.12 bits per heavy atom. The monoisotopic (exact) mass is 339 g/mol. The van der Waals surface area contributed by atoms with Crippen molar-refractivity contribution in [3.63, 3.8) is 0 Å². The van der Waals surface area contributed by atoms with Crippen LogP contribution in [0.15, 0.2) is 42.5 Å². The van der Waals surface area contributed by atoms with E-state index in [-0.39, 0.29) is 18.0 Å². The molecular formula is C18H21N5O2. The van der Waals surface area contributed by atoms with Crippen molar-refractivity contribution < 1.29 is 9.53 Å². The van der Waals surface area contributed by atoms with E-state index < -0.39 is 0 Å². The van der Waals surface area contributed by atoms with Crippen LogP contribution in [0.25, 0.3) is 17.0 Å². The first kappa shape index (κ1) is 16.9. The molecule has 0 spiro atoms. The van der Waals surface area contributed by atoms with Gasteiger partial charge >= 0.3 is 5.97 Å². The molecule has 1 unspecified atom stereocenters. The van der Waals surface area contributed by atoms with E-state index in [1.165, 1.54) is 0 Å². The maximum absolute atomic E-state index is 11.9. The lowest BCUT2D eigenvalue weighted by Crippen LogP contribution is -2.25. The van der Waals surface area contributed by atoms with E-state index in [1.54, 1.807) is 4.52 Å². The first-order valence-corrected chi connectivity index (χ1v) is 8.27. The van der Waals surface area contributed by atoms with Crippen LogP contribution in [0.1, 0.15) is 20.8 Å². The van der Waals surface area contributed by atoms with E-state index in [0.717, 1.165) is 5.56 Å². The van der Waals surface area contributed by atoms with Crippen LogP contribution in [-0.4, -0.2) is 38.4 Å². The van der Waals surface area contributed by atoms with Crippen LogP contribution in [-0.2, 0) is 9.53 Å². The molecule has 7 nitrogen and oxygen atoms in total. The second-order valence-corrected chi connectivity index (χ2v) is 6.15. The fourth-order valence-corrected chi connectivity index (χ4v) is 2.34. The summed E-state index contributed by atoms with van der Waals surface area (Å²) in [5.74, 6) is 0.826. The van der Waals surface area contributed by atoms with Gasteiger partial charge in [0, 0.05) is 12.1 Å². The summed E-state index contributed by atoms with van der Waals surface area (Å²) >= 11 is 0. The Kier molecular flexibility index (Phi) is 4.92. The molecule has 0 fully saturated rings. The summed E-state index contributed by atoms with van der Waals surface area (Å²) in [6, 6.07) is 13.4. The summed E-state index contributed by atoms with van der Waals surface area (Å²) in [6.07, 6.45) is -0.116. The van der Waals surface area contributed by atoms with Gasteiger partial charge in [0.05, 0.1) is 12.0 Å². The predicted octanol–water partition coefficient (Wildman–Crippen LogP) is 2.79. The minimum Gasteiger partial charge on any atom is -0.463 e. The van der Waals surface area contributed by atoms with Gasteiger partial charge in [0.15, 0.2) is 11.5 Å². The summed E-state index contributed by atoms with van der Waals surface area (Å²) in [6.45, 7) is 5.94. The minimum atomic E-state index is -0.269. The third-order valence-electron chi connectivity index (χ3n) is 3.64. The van der Waals surface area contributed by atoms with E-state index >= 15 is 0 Å². The second kappa shape index (κ2) is 7.29. The van der Waals surface area contributed by atoms with E-state index in [4.69, 9.17) is 4.74 Å². The van der Waals surface area contributed by atoms with Crippen LogP contribution in [0, 0.1) is 5.92 Å². The molecule has 0 aliphatic heterocycles. The van der Waals surface area contributed by atoms with E-state index in [9.17, 15) is 4.79 Å². The highest BCUT2D eigenvalue weighted by Gasteiger charge is 2.16. The third kappa shape index (κ3) is 3.93. The number of fused-ring (bicyclic) bond motifs is 1. The topological polar surface area (TPSA) is 81.4 Å². The molecule has 2 heterocycles. The number of hydrogen-bond acceptors (Lipinski definition) is 6. The zero-order valence-electron chi connectivity index (χ0n) is 14.5. The number of aromatic nitrogens is 4. The highest BCUT2D eigenvalue weighted by atomic mass is 16.5. The number of anilines is 1. The molecule has 0 radical (unpaired) electrons. The number of nitrogens with one attached hydrogen (secondary N) is 1. The normalized spacial score (nSPS) is 12.3. The molecule has 130 valence electrons. The molecule has 0 saturated heterocycles. The van der Waals surface area contributed by atoms with Gasteiger partial charge in [0.25, 0.3) is 0 Å². The lowest BCUT2D eigenvalue weighted by molar-refractivity contribution is -0.151. The lowest BCUT2D eigenvalue weighted by atomic mass is 10.2. The lowest BCUT2D eigenvalue weighted by Gasteiger charge is -2.14. The third-order valence-corrected chi connectivity index (χ3v) is 3.64. The van der Waals surface area contributed by atoms with Gasteiger partial charge in [-0.1, -0.05) is 37.3 Å². The highest BCUT2D eigenvalue weighted by Crippen LogP contribution is 2.18. The summed E-state index contributed by atoms with van der Waals surface area (Å²) in [5.41, 5.74) is 1.60. The molecule has 2 aromatic heterocycles. The average Bonchev–Trinajstić information content (AvgIpc) is 3.03. The Morgan fingerprint density at radius 3 is 2.60 bits per heavy atom. The Balaban J connectivity index is 1.76. The molecule has 7 heteroatoms. The van der Waals surface area contributed by atoms with Gasteiger partial charge in [-0.05, 0) is 26.0 Å². The number of ether oxygens (including phenoxy) is 1. The summed E-state index contributed by atoms with van der Waals surface area (Å²) in [4.78, 5) is 11.9. The van der Waals surface area contributed by atoms with Gasteiger partial charge in [0.2, 0.25) is 0 Å². The minimum absolute atomic E-state index is 0.116. The van der Waals surface area contributed by atoms with Crippen LogP contribution in [0.2, 0.25) is 0 Å². The summed E-state index contributed by atoms with van der Waals surface area (Å²) < 4.78 is 6.90. The maximum Gasteiger partial charge on any atom is 0.310 e. The summed E-state index contributed by atoms with van der Waals surface area (Å²) in [7, 11) is 0. The van der Waals surface area contributed by atoms with Crippen LogP contribution in [0.3, 0.4) is 0 Å². The SMILES string of the molecule is CC(C)OC(=O)C(C)CNc1ccc2nnc(-c3ccccc3)n2n1. The number of carbonyl (C=O) groups excluding carboxylic acids is 1. The van der Waals surface area contributed by atoms with Crippen LogP contribution < -0.4 is 5.32 Å². The quantitative estimate of drug-likeness (QED) is 0.696. The van der Waals surface area contributed by atoms with Gasteiger partial charge in [0.1, 0.15) is 5.82 Å². The number of hydrogen-bond donors (Lipinski definition) is 1. The predicted molar refractivity (Wildman–Crippen MR) is 95.1 cm³/mol. The van der Waals surface area contributed by atoms with Gasteiger partial charge < -0.3 is 10.1 Å². The first-order chi connectivity index (χ1) is 12.0. The van der Waals surface area contributed by atoms with Crippen molar-refractivity contribution in [2.24, 2.45) is 5.92 Å². The Hall–Kier alpha value is -2.96. The molecule has 0 aliphatic rings. The molecule has 0 saturated carbocycles. The van der Waals surface area contributed by atoms with Gasteiger partial charge in [-0.25, -0.2) is 0 Å². The van der Waals surface area contributed by atoms with Gasteiger partial charge in [-0.3, -0.25) is 4.79 Å². The zero-order chi connectivity index (χ0) is 17.8. The largest absolute Gasteiger partial charge is 0.463 e. The number of rotatable bonds is 6. The van der Waals surface area contributed by atoms with Gasteiger partial charge in [-0.15, -0.1) is 15.3 Å². The highest BCUT2D eigenvalue weighted by molar-refractivity contribution is 5.72. The fourth-order valence-electron chi connectivity index (χ4n) is 2.34. The number of benzene rings is 1. The van der Waals surface area contributed by atoms with Crippen LogP contribution in [0.4, 0.5) is 5.82 Å². The van der Waals surface area contributed by atoms with Crippen molar-refractivity contribution in [1.82, 2.24) is 19.8 Å². The Morgan fingerprint density at radius 2 is 1.88 bits per heavy atom. The molecule has 0 aliphatic carbocycles. The Labute approximate surface area is 146 Å². The molecule has 3 aromatic rings. The van der Waals surface area contributed by atoms with Crippen LogP contribution in [0.5, 0.6) is 0 Å². The molecule has 1 aromatic carbocycles. The van der Waals surface area contributed by atoms with Crippen molar-refractivity contribution in [1.29, 1.82) is 0 Å².